The fourth-order valence-corrected chi connectivity index (χ4v) is 4.53. The number of carbonyl (C=O) groups is 2. The Morgan fingerprint density at radius 1 is 0.667 bits per heavy atom. The van der Waals surface area contributed by atoms with Crippen molar-refractivity contribution >= 4 is 11.9 Å². The Kier molecular flexibility index (Phi) is 14.0. The molecule has 0 saturated carbocycles. The maximum Gasteiger partial charge on any atom is 0.338 e. The molecular weight excluding hydrogens is 548 g/mol. The number of ether oxygens (including phenoxy) is 7. The van der Waals surface area contributed by atoms with E-state index in [1.165, 1.54) is 48.7 Å². The number of hydrogen-bond donors (Lipinski definition) is 1. The molecule has 0 aliphatic carbocycles. The van der Waals surface area contributed by atoms with Crippen molar-refractivity contribution in [2.75, 3.05) is 89.5 Å². The zero-order chi connectivity index (χ0) is 31.2. The third-order valence-corrected chi connectivity index (χ3v) is 6.81. The maximum atomic E-state index is 12.6. The molecule has 0 radical (unpaired) electrons. The first kappa shape index (κ1) is 34.3. The van der Waals surface area contributed by atoms with Crippen LogP contribution >= 0.6 is 0 Å². The van der Waals surface area contributed by atoms with Crippen molar-refractivity contribution in [3.63, 3.8) is 0 Å². The third kappa shape index (κ3) is 9.05. The van der Waals surface area contributed by atoms with Crippen LogP contribution in [0, 0.1) is 0 Å². The number of rotatable bonds is 19. The molecule has 1 N–H and O–H groups in total. The van der Waals surface area contributed by atoms with Crippen molar-refractivity contribution in [1.29, 1.82) is 0 Å². The van der Waals surface area contributed by atoms with E-state index in [2.05, 4.69) is 9.80 Å². The molecule has 2 rings (SSSR count). The number of aromatic carboxylic acids is 1. The van der Waals surface area contributed by atoms with Gasteiger partial charge in [-0.05, 0) is 58.1 Å². The highest BCUT2D eigenvalue weighted by molar-refractivity contribution is 5.92. The van der Waals surface area contributed by atoms with Crippen molar-refractivity contribution in [3.05, 3.63) is 34.9 Å². The largest absolute Gasteiger partial charge is 0.493 e. The molecule has 12 heteroatoms. The summed E-state index contributed by atoms with van der Waals surface area (Å²) >= 11 is 0. The van der Waals surface area contributed by atoms with E-state index in [1.807, 2.05) is 14.1 Å². The first-order valence-electron chi connectivity index (χ1n) is 13.5. The van der Waals surface area contributed by atoms with Gasteiger partial charge >= 0.3 is 11.9 Å². The van der Waals surface area contributed by atoms with Crippen LogP contribution in [0.3, 0.4) is 0 Å². The molecule has 0 atom stereocenters. The predicted octanol–water partition coefficient (Wildman–Crippen LogP) is 3.48. The number of methoxy groups -OCH3 is 6. The molecule has 0 spiro atoms. The van der Waals surface area contributed by atoms with Gasteiger partial charge in [-0.15, -0.1) is 0 Å². The van der Waals surface area contributed by atoms with E-state index in [0.717, 1.165) is 32.6 Å². The van der Waals surface area contributed by atoms with E-state index in [9.17, 15) is 14.7 Å². The lowest BCUT2D eigenvalue weighted by molar-refractivity contribution is 0.0489. The smallest absolute Gasteiger partial charge is 0.338 e. The minimum Gasteiger partial charge on any atom is -0.493 e. The van der Waals surface area contributed by atoms with Gasteiger partial charge in [0.05, 0.1) is 60.4 Å². The molecule has 2 aromatic rings. The Morgan fingerprint density at radius 2 is 1.17 bits per heavy atom. The van der Waals surface area contributed by atoms with Crippen LogP contribution in [0.25, 0.3) is 0 Å². The van der Waals surface area contributed by atoms with E-state index in [0.29, 0.717) is 58.5 Å². The minimum absolute atomic E-state index is 0.137. The summed E-state index contributed by atoms with van der Waals surface area (Å²) in [5, 5.41) is 9.75. The number of benzene rings is 2. The maximum absolute atomic E-state index is 12.6. The third-order valence-electron chi connectivity index (χ3n) is 6.81. The van der Waals surface area contributed by atoms with Gasteiger partial charge in [0, 0.05) is 25.2 Å². The molecule has 12 nitrogen and oxygen atoms in total. The van der Waals surface area contributed by atoms with E-state index in [-0.39, 0.29) is 12.2 Å². The Labute approximate surface area is 247 Å². The number of likely N-dealkylation sites (N-methyl/N-ethyl adjacent to an activating group) is 2. The average Bonchev–Trinajstić information content (AvgIpc) is 3.00. The molecule has 234 valence electrons. The molecule has 0 aliphatic rings. The predicted molar refractivity (Wildman–Crippen MR) is 157 cm³/mol. The van der Waals surface area contributed by atoms with Crippen molar-refractivity contribution in [3.8, 4) is 34.5 Å². The van der Waals surface area contributed by atoms with Crippen LogP contribution in [0.5, 0.6) is 34.5 Å². The lowest BCUT2D eigenvalue weighted by Gasteiger charge is -2.22. The van der Waals surface area contributed by atoms with Crippen LogP contribution in [0.4, 0.5) is 0 Å². The molecule has 0 amide bonds. The number of esters is 1. The van der Waals surface area contributed by atoms with Crippen LogP contribution < -0.4 is 28.4 Å². The Balaban J connectivity index is 1.80. The molecule has 0 heterocycles. The van der Waals surface area contributed by atoms with Gasteiger partial charge in [0.1, 0.15) is 0 Å². The molecule has 0 saturated heterocycles. The zero-order valence-corrected chi connectivity index (χ0v) is 25.9. The van der Waals surface area contributed by atoms with Gasteiger partial charge in [-0.25, -0.2) is 9.59 Å². The van der Waals surface area contributed by atoms with Crippen molar-refractivity contribution < 1.29 is 47.9 Å². The molecular formula is C30H44N2O10. The first-order chi connectivity index (χ1) is 20.1. The zero-order valence-electron chi connectivity index (χ0n) is 25.9. The van der Waals surface area contributed by atoms with Gasteiger partial charge in [-0.2, -0.15) is 0 Å². The lowest BCUT2D eigenvalue weighted by Crippen LogP contribution is -2.32. The lowest BCUT2D eigenvalue weighted by atomic mass is 10.00. The van der Waals surface area contributed by atoms with Gasteiger partial charge in [0.25, 0.3) is 0 Å². The quantitative estimate of drug-likeness (QED) is 0.190. The molecule has 0 aromatic heterocycles. The highest BCUT2D eigenvalue weighted by Crippen LogP contribution is 2.42. The van der Waals surface area contributed by atoms with E-state index >= 15 is 0 Å². The van der Waals surface area contributed by atoms with Gasteiger partial charge in [0.15, 0.2) is 23.0 Å². The van der Waals surface area contributed by atoms with Crippen molar-refractivity contribution in [2.45, 2.75) is 19.3 Å². The van der Waals surface area contributed by atoms with Gasteiger partial charge in [0.2, 0.25) is 11.5 Å². The molecule has 0 fully saturated rings. The van der Waals surface area contributed by atoms with Crippen LogP contribution in [-0.4, -0.2) is 116 Å². The number of carboxylic acids is 1. The summed E-state index contributed by atoms with van der Waals surface area (Å²) in [6.45, 7) is 3.42. The van der Waals surface area contributed by atoms with Gasteiger partial charge in [-0.3, -0.25) is 0 Å². The van der Waals surface area contributed by atoms with E-state index < -0.39 is 11.9 Å². The van der Waals surface area contributed by atoms with E-state index in [4.69, 9.17) is 33.2 Å². The average molecular weight is 593 g/mol. The molecule has 42 heavy (non-hydrogen) atoms. The Hall–Kier alpha value is -3.90. The standard InChI is InChI=1S/C30H44N2O10/c1-31(12-9-11-21-22(29(33)34)19-25(38-5)28(41-8)26(21)39-6)14-15-32(2)13-10-16-42-30(35)20-17-23(36-3)27(40-7)24(18-20)37-4/h17-19H,9-16H2,1-8H3,(H,33,34). The summed E-state index contributed by atoms with van der Waals surface area (Å²) in [6.07, 6.45) is 1.90. The summed E-state index contributed by atoms with van der Waals surface area (Å²) in [6, 6.07) is 4.60. The molecule has 0 unspecified atom stereocenters. The van der Waals surface area contributed by atoms with Crippen molar-refractivity contribution in [2.24, 2.45) is 0 Å². The van der Waals surface area contributed by atoms with E-state index in [1.54, 1.807) is 12.1 Å². The van der Waals surface area contributed by atoms with Gasteiger partial charge in [-0.1, -0.05) is 0 Å². The second-order valence-corrected chi connectivity index (χ2v) is 9.59. The highest BCUT2D eigenvalue weighted by Gasteiger charge is 2.24. The Morgan fingerprint density at radius 3 is 1.64 bits per heavy atom. The summed E-state index contributed by atoms with van der Waals surface area (Å²) in [4.78, 5) is 28.8. The Bertz CT molecular complexity index is 1160. The number of carbonyl (C=O) groups excluding carboxylic acids is 1. The molecule has 0 aliphatic heterocycles. The number of hydrogen-bond acceptors (Lipinski definition) is 11. The van der Waals surface area contributed by atoms with Crippen LogP contribution in [-0.2, 0) is 11.2 Å². The summed E-state index contributed by atoms with van der Waals surface area (Å²) in [5.41, 5.74) is 1.03. The second kappa shape index (κ2) is 17.1. The highest BCUT2D eigenvalue weighted by atomic mass is 16.5. The summed E-state index contributed by atoms with van der Waals surface area (Å²) in [7, 11) is 13.0. The summed E-state index contributed by atoms with van der Waals surface area (Å²) < 4.78 is 37.6. The first-order valence-corrected chi connectivity index (χ1v) is 13.5. The number of carboxylic acid groups (broad SMARTS) is 1. The molecule has 2 aromatic carbocycles. The topological polar surface area (TPSA) is 125 Å². The number of nitrogens with zero attached hydrogens (tertiary/aromatic N) is 2. The fraction of sp³-hybridized carbons (Fsp3) is 0.533. The monoisotopic (exact) mass is 592 g/mol. The van der Waals surface area contributed by atoms with Crippen LogP contribution in [0.15, 0.2) is 18.2 Å². The fourth-order valence-electron chi connectivity index (χ4n) is 4.53. The van der Waals surface area contributed by atoms with Crippen molar-refractivity contribution in [1.82, 2.24) is 9.80 Å². The minimum atomic E-state index is -1.05. The summed E-state index contributed by atoms with van der Waals surface area (Å²) in [5.74, 6) is 0.741. The molecule has 0 bridgehead atoms. The van der Waals surface area contributed by atoms with Crippen LogP contribution in [0.2, 0.25) is 0 Å². The SMILES string of the molecule is COc1cc(C(=O)OCCCN(C)CCN(C)CCCc2c(C(=O)O)cc(OC)c(OC)c2OC)cc(OC)c1OC. The second-order valence-electron chi connectivity index (χ2n) is 9.59. The van der Waals surface area contributed by atoms with Crippen LogP contribution in [0.1, 0.15) is 39.1 Å². The van der Waals surface area contributed by atoms with Gasteiger partial charge < -0.3 is 48.1 Å². The normalized spacial score (nSPS) is 10.9.